The fraction of sp³-hybridized carbons (Fsp3) is 0.333. The summed E-state index contributed by atoms with van der Waals surface area (Å²) in [6.45, 7) is 1.51. The second-order valence-electron chi connectivity index (χ2n) is 8.04. The summed E-state index contributed by atoms with van der Waals surface area (Å²) in [5.74, 6) is 0.678. The molecule has 0 aliphatic heterocycles. The quantitative estimate of drug-likeness (QED) is 0.209. The molecule has 1 heterocycles. The van der Waals surface area contributed by atoms with Gasteiger partial charge < -0.3 is 5.32 Å². The molecule has 0 fully saturated rings. The van der Waals surface area contributed by atoms with Crippen LogP contribution in [0.3, 0.4) is 0 Å². The summed E-state index contributed by atoms with van der Waals surface area (Å²) in [5, 5.41) is 3.54. The lowest BCUT2D eigenvalue weighted by molar-refractivity contribution is -0.116. The van der Waals surface area contributed by atoms with E-state index in [0.717, 1.165) is 43.4 Å². The number of nitrogens with zero attached hydrogens (tertiary/aromatic N) is 1. The zero-order valence-corrected chi connectivity index (χ0v) is 21.1. The lowest BCUT2D eigenvalue weighted by Gasteiger charge is -2.03. The van der Waals surface area contributed by atoms with Crippen molar-refractivity contribution in [1.82, 2.24) is 4.98 Å². The molecule has 0 saturated carbocycles. The van der Waals surface area contributed by atoms with Crippen molar-refractivity contribution in [1.29, 1.82) is 0 Å². The molecule has 0 bridgehead atoms. The number of ketones is 1. The Labute approximate surface area is 209 Å². The smallest absolute Gasteiger partial charge is 0.226 e. The fourth-order valence-corrected chi connectivity index (χ4v) is 5.20. The van der Waals surface area contributed by atoms with Gasteiger partial charge in [-0.25, -0.2) is 4.98 Å². The first-order valence-electron chi connectivity index (χ1n) is 11.6. The number of nitrogens with one attached hydrogen (secondary N) is 1. The number of unbranched alkanes of at least 4 members (excludes halogenated alkanes) is 3. The van der Waals surface area contributed by atoms with Crippen LogP contribution in [-0.4, -0.2) is 27.5 Å². The number of carbonyl (C=O) groups is 3. The van der Waals surface area contributed by atoms with Gasteiger partial charge in [0.1, 0.15) is 0 Å². The molecule has 0 unspecified atom stereocenters. The van der Waals surface area contributed by atoms with Gasteiger partial charge in [-0.15, -0.1) is 0 Å². The van der Waals surface area contributed by atoms with Gasteiger partial charge in [0, 0.05) is 31.1 Å². The highest BCUT2D eigenvalue weighted by atomic mass is 32.2. The van der Waals surface area contributed by atoms with Crippen LogP contribution in [0.25, 0.3) is 11.3 Å². The number of aromatic nitrogens is 1. The monoisotopic (exact) mass is 494 g/mol. The van der Waals surface area contributed by atoms with Crippen LogP contribution in [-0.2, 0) is 16.0 Å². The number of thioether (sulfide) groups is 1. The number of hydrogen-bond donors (Lipinski definition) is 1. The van der Waals surface area contributed by atoms with E-state index in [9.17, 15) is 14.4 Å². The number of amides is 1. The van der Waals surface area contributed by atoms with Crippen LogP contribution in [0, 0.1) is 0 Å². The summed E-state index contributed by atoms with van der Waals surface area (Å²) in [5.41, 5.74) is 2.67. The Morgan fingerprint density at radius 1 is 0.882 bits per heavy atom. The number of thiazole rings is 1. The highest BCUT2D eigenvalue weighted by Gasteiger charge is 2.17. The van der Waals surface area contributed by atoms with E-state index in [-0.39, 0.29) is 16.8 Å². The highest BCUT2D eigenvalue weighted by molar-refractivity contribution is 8.13. The van der Waals surface area contributed by atoms with Crippen LogP contribution in [0.5, 0.6) is 0 Å². The summed E-state index contributed by atoms with van der Waals surface area (Å²) in [4.78, 5) is 41.4. The molecule has 0 aliphatic carbocycles. The third-order valence-corrected chi connectivity index (χ3v) is 7.35. The largest absolute Gasteiger partial charge is 0.302 e. The predicted octanol–water partition coefficient (Wildman–Crippen LogP) is 6.79. The van der Waals surface area contributed by atoms with E-state index in [2.05, 4.69) is 10.3 Å². The van der Waals surface area contributed by atoms with Gasteiger partial charge in [0.2, 0.25) is 5.91 Å². The highest BCUT2D eigenvalue weighted by Crippen LogP contribution is 2.31. The third kappa shape index (κ3) is 8.54. The maximum atomic E-state index is 12.3. The summed E-state index contributed by atoms with van der Waals surface area (Å²) < 4.78 is 0. The first-order valence-corrected chi connectivity index (χ1v) is 13.4. The van der Waals surface area contributed by atoms with Gasteiger partial charge in [0.05, 0.1) is 10.6 Å². The van der Waals surface area contributed by atoms with Crippen molar-refractivity contribution >= 4 is 45.0 Å². The van der Waals surface area contributed by atoms with Crippen LogP contribution in [0.4, 0.5) is 5.13 Å². The number of hydrogen-bond acceptors (Lipinski definition) is 6. The lowest BCUT2D eigenvalue weighted by atomic mass is 10.1. The van der Waals surface area contributed by atoms with Crippen LogP contribution in [0.1, 0.15) is 60.7 Å². The van der Waals surface area contributed by atoms with E-state index in [1.165, 1.54) is 35.6 Å². The average Bonchev–Trinajstić information content (AvgIpc) is 3.27. The number of aryl methyl sites for hydroxylation is 1. The van der Waals surface area contributed by atoms with Gasteiger partial charge >= 0.3 is 0 Å². The molecule has 1 aromatic heterocycles. The number of carbonyl (C=O) groups excluding carboxylic acids is 3. The van der Waals surface area contributed by atoms with E-state index in [1.54, 1.807) is 0 Å². The summed E-state index contributed by atoms with van der Waals surface area (Å²) >= 11 is 2.63. The van der Waals surface area contributed by atoms with Gasteiger partial charge in [-0.1, -0.05) is 96.6 Å². The zero-order chi connectivity index (χ0) is 24.2. The van der Waals surface area contributed by atoms with Crippen LogP contribution in [0.2, 0.25) is 0 Å². The first-order chi connectivity index (χ1) is 16.5. The molecular weight excluding hydrogens is 464 g/mol. The number of benzene rings is 2. The first kappa shape index (κ1) is 25.8. The number of anilines is 1. The van der Waals surface area contributed by atoms with Crippen molar-refractivity contribution in [3.8, 4) is 11.3 Å². The van der Waals surface area contributed by atoms with Gasteiger partial charge in [0.25, 0.3) is 0 Å². The van der Waals surface area contributed by atoms with Crippen LogP contribution in [0.15, 0.2) is 60.7 Å². The number of rotatable bonds is 13. The SMILES string of the molecule is CC(=O)c1sc(NC(=O)CCCCCCSC(=O)CCc2ccccc2)nc1-c1ccccc1. The Balaban J connectivity index is 1.31. The molecular formula is C27H30N2O3S2. The summed E-state index contributed by atoms with van der Waals surface area (Å²) in [6.07, 6.45) is 5.48. The van der Waals surface area contributed by atoms with Crippen molar-refractivity contribution in [3.05, 3.63) is 71.1 Å². The van der Waals surface area contributed by atoms with Gasteiger partial charge in [-0.2, -0.15) is 0 Å². The van der Waals surface area contributed by atoms with Crippen molar-refractivity contribution in [2.45, 2.75) is 51.9 Å². The third-order valence-electron chi connectivity index (χ3n) is 5.26. The normalized spacial score (nSPS) is 10.7. The zero-order valence-electron chi connectivity index (χ0n) is 19.4. The second-order valence-corrected chi connectivity index (χ2v) is 10.2. The molecule has 7 heteroatoms. The van der Waals surface area contributed by atoms with E-state index in [1.807, 2.05) is 60.7 Å². The molecule has 0 spiro atoms. The lowest BCUT2D eigenvalue weighted by Crippen LogP contribution is -2.10. The molecule has 0 atom stereocenters. The fourth-order valence-electron chi connectivity index (χ4n) is 3.48. The Bertz CT molecular complexity index is 1080. The maximum Gasteiger partial charge on any atom is 0.226 e. The molecule has 5 nitrogen and oxygen atoms in total. The van der Waals surface area contributed by atoms with Crippen LogP contribution < -0.4 is 5.32 Å². The molecule has 34 heavy (non-hydrogen) atoms. The topological polar surface area (TPSA) is 76.1 Å². The molecule has 3 aromatic rings. The van der Waals surface area contributed by atoms with E-state index in [4.69, 9.17) is 0 Å². The molecule has 1 N–H and O–H groups in total. The second kappa shape index (κ2) is 13.8. The minimum atomic E-state index is -0.0890. The summed E-state index contributed by atoms with van der Waals surface area (Å²) in [6, 6.07) is 19.6. The average molecular weight is 495 g/mol. The Hall–Kier alpha value is -2.77. The standard InChI is InChI=1S/C27H30N2O3S2/c1-20(30)26-25(22-14-8-5-9-15-22)29-27(34-26)28-23(31)16-10-2-3-11-19-33-24(32)18-17-21-12-6-4-7-13-21/h4-9,12-15H,2-3,10-11,16-19H2,1H3,(H,28,29,31). The minimum absolute atomic E-state index is 0.0618. The number of Topliss-reactive ketones (excluding diaryl/α,β-unsaturated/α-hetero) is 1. The van der Waals surface area contributed by atoms with Crippen molar-refractivity contribution in [2.75, 3.05) is 11.1 Å². The molecule has 0 saturated heterocycles. The summed E-state index contributed by atoms with van der Waals surface area (Å²) in [7, 11) is 0. The molecule has 2 aromatic carbocycles. The van der Waals surface area contributed by atoms with E-state index < -0.39 is 0 Å². The van der Waals surface area contributed by atoms with Gasteiger partial charge in [0.15, 0.2) is 16.0 Å². The van der Waals surface area contributed by atoms with Gasteiger partial charge in [-0.3, -0.25) is 14.4 Å². The van der Waals surface area contributed by atoms with E-state index in [0.29, 0.717) is 28.5 Å². The van der Waals surface area contributed by atoms with Crippen molar-refractivity contribution < 1.29 is 14.4 Å². The minimum Gasteiger partial charge on any atom is -0.302 e. The molecule has 0 radical (unpaired) electrons. The van der Waals surface area contributed by atoms with Crippen molar-refractivity contribution in [3.63, 3.8) is 0 Å². The molecule has 178 valence electrons. The van der Waals surface area contributed by atoms with Crippen LogP contribution >= 0.6 is 23.1 Å². The predicted molar refractivity (Wildman–Crippen MR) is 141 cm³/mol. The maximum absolute atomic E-state index is 12.3. The van der Waals surface area contributed by atoms with Gasteiger partial charge in [-0.05, 0) is 24.8 Å². The Morgan fingerprint density at radius 2 is 1.56 bits per heavy atom. The molecule has 1 amide bonds. The van der Waals surface area contributed by atoms with E-state index >= 15 is 0 Å². The van der Waals surface area contributed by atoms with Crippen molar-refractivity contribution in [2.24, 2.45) is 0 Å². The Morgan fingerprint density at radius 3 is 2.26 bits per heavy atom. The molecule has 0 aliphatic rings. The Kier molecular flexibility index (Phi) is 10.5. The molecule has 3 rings (SSSR count).